The minimum atomic E-state index is -0.423. The molecule has 0 heterocycles. The molecule has 26 heavy (non-hydrogen) atoms. The van der Waals surface area contributed by atoms with E-state index in [1.54, 1.807) is 30.3 Å². The average molecular weight is 437 g/mol. The van der Waals surface area contributed by atoms with E-state index in [0.29, 0.717) is 17.0 Å². The number of methoxy groups -OCH3 is 1. The molecule has 0 bridgehead atoms. The fourth-order valence-electron chi connectivity index (χ4n) is 1.99. The second-order valence-electron chi connectivity index (χ2n) is 5.27. The van der Waals surface area contributed by atoms with Crippen LogP contribution in [0.5, 0.6) is 5.75 Å². The van der Waals surface area contributed by atoms with Crippen LogP contribution in [0.4, 0.5) is 5.69 Å². The number of rotatable bonds is 5. The number of ether oxygens (including phenoxy) is 2. The molecule has 0 aliphatic carbocycles. The van der Waals surface area contributed by atoms with Crippen molar-refractivity contribution in [3.05, 3.63) is 58.1 Å². The first-order valence-corrected chi connectivity index (χ1v) is 8.77. The topological polar surface area (TPSA) is 76.7 Å². The quantitative estimate of drug-likeness (QED) is 0.552. The van der Waals surface area contributed by atoms with Crippen molar-refractivity contribution >= 4 is 50.8 Å². The lowest BCUT2D eigenvalue weighted by Crippen LogP contribution is -2.37. The minimum absolute atomic E-state index is 0.136. The Balaban J connectivity index is 1.82. The van der Waals surface area contributed by atoms with Gasteiger partial charge < -0.3 is 14.8 Å². The van der Waals surface area contributed by atoms with E-state index < -0.39 is 5.97 Å². The predicted molar refractivity (Wildman–Crippen MR) is 107 cm³/mol. The second-order valence-corrected chi connectivity index (χ2v) is 6.53. The van der Waals surface area contributed by atoms with Crippen LogP contribution in [0.3, 0.4) is 0 Å². The largest absolute Gasteiger partial charge is 0.484 e. The van der Waals surface area contributed by atoms with Crippen molar-refractivity contribution in [1.82, 2.24) is 5.32 Å². The third kappa shape index (κ3) is 5.82. The highest BCUT2D eigenvalue weighted by molar-refractivity contribution is 9.10. The Hall–Kier alpha value is -2.45. The Bertz CT molecular complexity index is 824. The first-order valence-electron chi connectivity index (χ1n) is 7.57. The van der Waals surface area contributed by atoms with Crippen LogP contribution >= 0.6 is 28.1 Å². The molecule has 6 nitrogen and oxygen atoms in total. The van der Waals surface area contributed by atoms with E-state index in [0.717, 1.165) is 10.0 Å². The zero-order valence-corrected chi connectivity index (χ0v) is 16.6. The van der Waals surface area contributed by atoms with Crippen LogP contribution in [0.1, 0.15) is 15.9 Å². The van der Waals surface area contributed by atoms with Gasteiger partial charge in [0.2, 0.25) is 0 Å². The number of carbonyl (C=O) groups excluding carboxylic acids is 2. The Labute approximate surface area is 165 Å². The van der Waals surface area contributed by atoms with Gasteiger partial charge in [-0.1, -0.05) is 15.9 Å². The van der Waals surface area contributed by atoms with Crippen LogP contribution in [-0.2, 0) is 9.53 Å². The van der Waals surface area contributed by atoms with Crippen molar-refractivity contribution in [2.24, 2.45) is 0 Å². The Kier molecular flexibility index (Phi) is 7.11. The molecule has 0 saturated carbocycles. The zero-order chi connectivity index (χ0) is 19.1. The van der Waals surface area contributed by atoms with Gasteiger partial charge in [0, 0.05) is 10.2 Å². The van der Waals surface area contributed by atoms with Gasteiger partial charge in [0.25, 0.3) is 5.91 Å². The SMILES string of the molecule is COC(=O)c1ccc(NC(=S)NC(=O)COc2ccc(Br)c(C)c2)cc1. The van der Waals surface area contributed by atoms with E-state index in [9.17, 15) is 9.59 Å². The van der Waals surface area contributed by atoms with Crippen LogP contribution in [0, 0.1) is 6.92 Å². The van der Waals surface area contributed by atoms with Gasteiger partial charge in [0.1, 0.15) is 5.75 Å². The summed E-state index contributed by atoms with van der Waals surface area (Å²) in [6.45, 7) is 1.77. The Morgan fingerprint density at radius 2 is 1.85 bits per heavy atom. The van der Waals surface area contributed by atoms with Crippen LogP contribution in [0.2, 0.25) is 0 Å². The summed E-state index contributed by atoms with van der Waals surface area (Å²) in [5, 5.41) is 5.52. The first-order chi connectivity index (χ1) is 12.4. The molecule has 0 aliphatic heterocycles. The predicted octanol–water partition coefficient (Wildman–Crippen LogP) is 3.44. The number of carbonyl (C=O) groups is 2. The number of amides is 1. The molecule has 0 saturated heterocycles. The summed E-state index contributed by atoms with van der Waals surface area (Å²) in [5.74, 6) is -0.208. The van der Waals surface area contributed by atoms with Gasteiger partial charge in [-0.05, 0) is 67.2 Å². The van der Waals surface area contributed by atoms with Gasteiger partial charge in [-0.15, -0.1) is 0 Å². The fourth-order valence-corrected chi connectivity index (χ4v) is 2.47. The lowest BCUT2D eigenvalue weighted by Gasteiger charge is -2.11. The van der Waals surface area contributed by atoms with Crippen LogP contribution < -0.4 is 15.4 Å². The van der Waals surface area contributed by atoms with Gasteiger partial charge in [0.15, 0.2) is 11.7 Å². The van der Waals surface area contributed by atoms with Gasteiger partial charge in [-0.25, -0.2) is 4.79 Å². The molecule has 0 aromatic heterocycles. The fraction of sp³-hybridized carbons (Fsp3) is 0.167. The average Bonchev–Trinajstić information content (AvgIpc) is 2.62. The summed E-state index contributed by atoms with van der Waals surface area (Å²) in [4.78, 5) is 23.3. The number of halogens is 1. The highest BCUT2D eigenvalue weighted by Gasteiger charge is 2.08. The molecular formula is C18H17BrN2O4S. The molecule has 136 valence electrons. The third-order valence-electron chi connectivity index (χ3n) is 3.32. The number of esters is 1. The molecule has 2 rings (SSSR count). The van der Waals surface area contributed by atoms with E-state index >= 15 is 0 Å². The van der Waals surface area contributed by atoms with E-state index in [1.165, 1.54) is 7.11 Å². The van der Waals surface area contributed by atoms with Crippen molar-refractivity contribution in [2.45, 2.75) is 6.92 Å². The molecule has 8 heteroatoms. The lowest BCUT2D eigenvalue weighted by atomic mass is 10.2. The number of nitrogens with one attached hydrogen (secondary N) is 2. The molecule has 1 amide bonds. The van der Waals surface area contributed by atoms with E-state index in [4.69, 9.17) is 17.0 Å². The number of anilines is 1. The summed E-state index contributed by atoms with van der Waals surface area (Å²) in [6, 6.07) is 12.0. The molecule has 0 spiro atoms. The zero-order valence-electron chi connectivity index (χ0n) is 14.2. The van der Waals surface area contributed by atoms with Gasteiger partial charge >= 0.3 is 5.97 Å². The second kappa shape index (κ2) is 9.30. The minimum Gasteiger partial charge on any atom is -0.484 e. The maximum Gasteiger partial charge on any atom is 0.337 e. The third-order valence-corrected chi connectivity index (χ3v) is 4.41. The van der Waals surface area contributed by atoms with Gasteiger partial charge in [0.05, 0.1) is 12.7 Å². The lowest BCUT2D eigenvalue weighted by molar-refractivity contribution is -0.121. The number of benzene rings is 2. The summed E-state index contributed by atoms with van der Waals surface area (Å²) in [5.41, 5.74) is 2.06. The number of thiocarbonyl (C=S) groups is 1. The molecule has 2 aromatic rings. The number of hydrogen-bond acceptors (Lipinski definition) is 5. The standard InChI is InChI=1S/C18H17BrN2O4S/c1-11-9-14(7-8-15(11)19)25-10-16(22)21-18(26)20-13-5-3-12(4-6-13)17(23)24-2/h3-9H,10H2,1-2H3,(H2,20,21,22,26). The Morgan fingerprint density at radius 1 is 1.15 bits per heavy atom. The highest BCUT2D eigenvalue weighted by atomic mass is 79.9. The van der Waals surface area contributed by atoms with Gasteiger partial charge in [-0.3, -0.25) is 10.1 Å². The first kappa shape index (κ1) is 19.9. The monoisotopic (exact) mass is 436 g/mol. The van der Waals surface area contributed by atoms with Crippen molar-refractivity contribution in [3.63, 3.8) is 0 Å². The van der Waals surface area contributed by atoms with Crippen molar-refractivity contribution < 1.29 is 19.1 Å². The van der Waals surface area contributed by atoms with Crippen LogP contribution in [0.15, 0.2) is 46.9 Å². The molecule has 2 aromatic carbocycles. The smallest absolute Gasteiger partial charge is 0.337 e. The van der Waals surface area contributed by atoms with Crippen LogP contribution in [0.25, 0.3) is 0 Å². The van der Waals surface area contributed by atoms with Crippen molar-refractivity contribution in [1.29, 1.82) is 0 Å². The van der Waals surface area contributed by atoms with Crippen LogP contribution in [-0.4, -0.2) is 30.7 Å². The van der Waals surface area contributed by atoms with Gasteiger partial charge in [-0.2, -0.15) is 0 Å². The number of aryl methyl sites for hydroxylation is 1. The van der Waals surface area contributed by atoms with Crippen molar-refractivity contribution in [3.8, 4) is 5.75 Å². The molecule has 0 unspecified atom stereocenters. The molecule has 0 fully saturated rings. The molecule has 0 radical (unpaired) electrons. The van der Waals surface area contributed by atoms with E-state index in [2.05, 4.69) is 31.3 Å². The molecule has 0 atom stereocenters. The van der Waals surface area contributed by atoms with E-state index in [1.807, 2.05) is 19.1 Å². The molecule has 0 aliphatic rings. The van der Waals surface area contributed by atoms with Crippen molar-refractivity contribution in [2.75, 3.05) is 19.0 Å². The summed E-state index contributed by atoms with van der Waals surface area (Å²) in [6.07, 6.45) is 0. The number of hydrogen-bond donors (Lipinski definition) is 2. The summed E-state index contributed by atoms with van der Waals surface area (Å²) >= 11 is 8.50. The summed E-state index contributed by atoms with van der Waals surface area (Å²) < 4.78 is 11.0. The molecular weight excluding hydrogens is 420 g/mol. The maximum absolute atomic E-state index is 11.9. The maximum atomic E-state index is 11.9. The summed E-state index contributed by atoms with van der Waals surface area (Å²) in [7, 11) is 1.32. The van der Waals surface area contributed by atoms with E-state index in [-0.39, 0.29) is 17.6 Å². The normalized spacial score (nSPS) is 9.96. The Morgan fingerprint density at radius 3 is 2.46 bits per heavy atom. The highest BCUT2D eigenvalue weighted by Crippen LogP contribution is 2.21. The molecule has 2 N–H and O–H groups in total.